The van der Waals surface area contributed by atoms with Crippen molar-refractivity contribution < 1.29 is 14.7 Å². The van der Waals surface area contributed by atoms with Gasteiger partial charge in [-0.25, -0.2) is 0 Å². The van der Waals surface area contributed by atoms with E-state index >= 15 is 0 Å². The van der Waals surface area contributed by atoms with Crippen molar-refractivity contribution in [3.8, 4) is 0 Å². The fourth-order valence-electron chi connectivity index (χ4n) is 4.22. The van der Waals surface area contributed by atoms with E-state index in [2.05, 4.69) is 16.7 Å². The fourth-order valence-corrected chi connectivity index (χ4v) is 5.79. The molecule has 21 heavy (non-hydrogen) atoms. The van der Waals surface area contributed by atoms with Gasteiger partial charge in [-0.3, -0.25) is 9.59 Å². The minimum absolute atomic E-state index is 0.0464. The van der Waals surface area contributed by atoms with Gasteiger partial charge in [-0.1, -0.05) is 19.3 Å². The van der Waals surface area contributed by atoms with Crippen LogP contribution in [0.25, 0.3) is 0 Å². The number of carbonyl (C=O) groups excluding carboxylic acids is 1. The molecule has 0 aromatic rings. The van der Waals surface area contributed by atoms with Crippen LogP contribution in [0.3, 0.4) is 0 Å². The summed E-state index contributed by atoms with van der Waals surface area (Å²) in [5, 5.41) is 9.09. The van der Waals surface area contributed by atoms with Crippen molar-refractivity contribution in [1.82, 2.24) is 4.90 Å². The van der Waals surface area contributed by atoms with Crippen LogP contribution in [-0.2, 0) is 9.59 Å². The summed E-state index contributed by atoms with van der Waals surface area (Å²) in [5.41, 5.74) is 0. The van der Waals surface area contributed by atoms with Gasteiger partial charge in [-0.2, -0.15) is 11.8 Å². The van der Waals surface area contributed by atoms with Crippen molar-refractivity contribution in [1.29, 1.82) is 0 Å². The van der Waals surface area contributed by atoms with Crippen LogP contribution in [-0.4, -0.2) is 45.5 Å². The van der Waals surface area contributed by atoms with E-state index in [0.717, 1.165) is 25.3 Å². The molecule has 1 amide bonds. The SMILES string of the molecule is O=C(O)[C@@H]1CC[C@H](C(=O)N2CCSC3(CCCCC3)C2)C1. The Hall–Kier alpha value is -0.710. The van der Waals surface area contributed by atoms with E-state index in [0.29, 0.717) is 17.6 Å². The molecule has 1 aliphatic heterocycles. The highest BCUT2D eigenvalue weighted by Gasteiger charge is 2.42. The summed E-state index contributed by atoms with van der Waals surface area (Å²) in [6.07, 6.45) is 8.36. The van der Waals surface area contributed by atoms with Gasteiger partial charge in [0.15, 0.2) is 0 Å². The average Bonchev–Trinajstić information content (AvgIpc) is 2.97. The number of carboxylic acids is 1. The zero-order chi connectivity index (χ0) is 14.9. The molecule has 2 aliphatic carbocycles. The van der Waals surface area contributed by atoms with Gasteiger partial charge >= 0.3 is 5.97 Å². The normalized spacial score (nSPS) is 32.3. The highest BCUT2D eigenvalue weighted by molar-refractivity contribution is 8.00. The Labute approximate surface area is 130 Å². The highest BCUT2D eigenvalue weighted by atomic mass is 32.2. The van der Waals surface area contributed by atoms with Crippen molar-refractivity contribution >= 4 is 23.6 Å². The first kappa shape index (κ1) is 15.2. The van der Waals surface area contributed by atoms with Crippen LogP contribution in [0.2, 0.25) is 0 Å². The second-order valence-electron chi connectivity index (χ2n) is 6.90. The minimum Gasteiger partial charge on any atom is -0.481 e. The number of nitrogens with zero attached hydrogens (tertiary/aromatic N) is 1. The van der Waals surface area contributed by atoms with Crippen molar-refractivity contribution in [3.05, 3.63) is 0 Å². The van der Waals surface area contributed by atoms with E-state index in [1.54, 1.807) is 0 Å². The van der Waals surface area contributed by atoms with Gasteiger partial charge in [-0.05, 0) is 32.1 Å². The summed E-state index contributed by atoms with van der Waals surface area (Å²) in [4.78, 5) is 25.8. The lowest BCUT2D eigenvalue weighted by molar-refractivity contribution is -0.141. The smallest absolute Gasteiger partial charge is 0.306 e. The summed E-state index contributed by atoms with van der Waals surface area (Å²) < 4.78 is 0.303. The fraction of sp³-hybridized carbons (Fsp3) is 0.875. The molecule has 3 aliphatic rings. The Balaban J connectivity index is 1.61. The van der Waals surface area contributed by atoms with Crippen LogP contribution in [0.5, 0.6) is 0 Å². The molecule has 0 aromatic carbocycles. The Morgan fingerprint density at radius 3 is 2.48 bits per heavy atom. The minimum atomic E-state index is -0.733. The molecule has 1 spiro atoms. The lowest BCUT2D eigenvalue weighted by atomic mass is 9.87. The molecular formula is C16H25NO3S. The van der Waals surface area contributed by atoms with Crippen LogP contribution in [0, 0.1) is 11.8 Å². The average molecular weight is 311 g/mol. The molecule has 2 saturated carbocycles. The third kappa shape index (κ3) is 3.22. The molecule has 1 heterocycles. The number of aliphatic carboxylic acids is 1. The number of hydrogen-bond acceptors (Lipinski definition) is 3. The van der Waals surface area contributed by atoms with Gasteiger partial charge in [-0.15, -0.1) is 0 Å². The number of hydrogen-bond donors (Lipinski definition) is 1. The molecule has 0 bridgehead atoms. The molecule has 0 radical (unpaired) electrons. The summed E-state index contributed by atoms with van der Waals surface area (Å²) in [7, 11) is 0. The monoisotopic (exact) mass is 311 g/mol. The van der Waals surface area contributed by atoms with Gasteiger partial charge in [0.2, 0.25) is 5.91 Å². The second-order valence-corrected chi connectivity index (χ2v) is 8.46. The molecule has 118 valence electrons. The second kappa shape index (κ2) is 6.19. The van der Waals surface area contributed by atoms with Crippen molar-refractivity contribution in [2.45, 2.75) is 56.1 Å². The van der Waals surface area contributed by atoms with Gasteiger partial charge in [0, 0.05) is 29.5 Å². The largest absolute Gasteiger partial charge is 0.481 e. The number of thioether (sulfide) groups is 1. The van der Waals surface area contributed by atoms with Crippen LogP contribution in [0.15, 0.2) is 0 Å². The summed E-state index contributed by atoms with van der Waals surface area (Å²) in [6.45, 7) is 1.74. The van der Waals surface area contributed by atoms with Gasteiger partial charge < -0.3 is 10.0 Å². The van der Waals surface area contributed by atoms with E-state index in [9.17, 15) is 9.59 Å². The predicted molar refractivity (Wildman–Crippen MR) is 83.3 cm³/mol. The Morgan fingerprint density at radius 1 is 1.10 bits per heavy atom. The van der Waals surface area contributed by atoms with Gasteiger partial charge in [0.25, 0.3) is 0 Å². The zero-order valence-electron chi connectivity index (χ0n) is 12.6. The van der Waals surface area contributed by atoms with Crippen LogP contribution in [0.1, 0.15) is 51.4 Å². The molecule has 3 fully saturated rings. The molecular weight excluding hydrogens is 286 g/mol. The van der Waals surface area contributed by atoms with E-state index in [-0.39, 0.29) is 17.7 Å². The first-order chi connectivity index (χ1) is 10.1. The quantitative estimate of drug-likeness (QED) is 0.852. The first-order valence-corrected chi connectivity index (χ1v) is 9.24. The summed E-state index contributed by atoms with van der Waals surface area (Å²) in [6, 6.07) is 0. The standard InChI is InChI=1S/C16H25NO3S/c18-14(12-4-5-13(10-12)15(19)20)17-8-9-21-16(11-17)6-2-1-3-7-16/h12-13H,1-11H2,(H,19,20)/t12-,13+/m0/s1. The summed E-state index contributed by atoms with van der Waals surface area (Å²) in [5.74, 6) is 0.185. The molecule has 0 aromatic heterocycles. The topological polar surface area (TPSA) is 57.6 Å². The van der Waals surface area contributed by atoms with Crippen molar-refractivity contribution in [3.63, 3.8) is 0 Å². The lowest BCUT2D eigenvalue weighted by Gasteiger charge is -2.45. The van der Waals surface area contributed by atoms with Crippen molar-refractivity contribution in [2.24, 2.45) is 11.8 Å². The number of carbonyl (C=O) groups is 2. The Morgan fingerprint density at radius 2 is 1.81 bits per heavy atom. The maximum Gasteiger partial charge on any atom is 0.306 e. The lowest BCUT2D eigenvalue weighted by Crippen LogP contribution is -2.51. The van der Waals surface area contributed by atoms with Gasteiger partial charge in [0.05, 0.1) is 5.92 Å². The molecule has 1 saturated heterocycles. The molecule has 3 rings (SSSR count). The van der Waals surface area contributed by atoms with Crippen LogP contribution in [0.4, 0.5) is 0 Å². The summed E-state index contributed by atoms with van der Waals surface area (Å²) >= 11 is 2.07. The molecule has 4 nitrogen and oxygen atoms in total. The van der Waals surface area contributed by atoms with E-state index in [1.807, 2.05) is 0 Å². The molecule has 5 heteroatoms. The van der Waals surface area contributed by atoms with E-state index in [4.69, 9.17) is 5.11 Å². The number of carboxylic acid groups (broad SMARTS) is 1. The first-order valence-electron chi connectivity index (χ1n) is 8.25. The van der Waals surface area contributed by atoms with Crippen LogP contribution >= 0.6 is 11.8 Å². The molecule has 1 N–H and O–H groups in total. The Kier molecular flexibility index (Phi) is 4.48. The third-order valence-electron chi connectivity index (χ3n) is 5.46. The maximum atomic E-state index is 12.7. The molecule has 2 atom stereocenters. The van der Waals surface area contributed by atoms with E-state index < -0.39 is 5.97 Å². The van der Waals surface area contributed by atoms with Crippen LogP contribution < -0.4 is 0 Å². The maximum absolute atomic E-state index is 12.7. The predicted octanol–water partition coefficient (Wildman–Crippen LogP) is 2.77. The Bertz CT molecular complexity index is 414. The van der Waals surface area contributed by atoms with Gasteiger partial charge in [0.1, 0.15) is 0 Å². The zero-order valence-corrected chi connectivity index (χ0v) is 13.4. The van der Waals surface area contributed by atoms with Crippen molar-refractivity contribution in [2.75, 3.05) is 18.8 Å². The van der Waals surface area contributed by atoms with E-state index in [1.165, 1.54) is 32.1 Å². The molecule has 0 unspecified atom stereocenters. The highest BCUT2D eigenvalue weighted by Crippen LogP contribution is 2.43. The number of amides is 1. The third-order valence-corrected chi connectivity index (χ3v) is 6.99. The number of rotatable bonds is 2.